The minimum Gasteiger partial charge on any atom is -0.492 e. The number of halogens is 4. The number of sulfonamides is 1. The number of carbonyl (C=O) groups excluding carboxylic acids is 1. The summed E-state index contributed by atoms with van der Waals surface area (Å²) in [6.07, 6.45) is -4.56. The van der Waals surface area contributed by atoms with Crippen LogP contribution in [0.15, 0.2) is 47.4 Å². The summed E-state index contributed by atoms with van der Waals surface area (Å²) in [6.45, 7) is 1.49. The predicted molar refractivity (Wildman–Crippen MR) is 103 cm³/mol. The lowest BCUT2D eigenvalue weighted by atomic mass is 10.2. The fraction of sp³-hybridized carbons (Fsp3) is 0.278. The van der Waals surface area contributed by atoms with Gasteiger partial charge in [-0.2, -0.15) is 17.5 Å². The SMILES string of the molecule is CCOc1ccc(S(=O)(=O)N(C)CC(=O)Nc2cccc(C(F)(F)F)c2)cc1Cl. The number of benzene rings is 2. The van der Waals surface area contributed by atoms with Crippen molar-refractivity contribution in [2.24, 2.45) is 0 Å². The van der Waals surface area contributed by atoms with E-state index in [9.17, 15) is 26.4 Å². The molecule has 0 saturated carbocycles. The van der Waals surface area contributed by atoms with E-state index in [1.165, 1.54) is 31.3 Å². The van der Waals surface area contributed by atoms with Gasteiger partial charge >= 0.3 is 6.18 Å². The quantitative estimate of drug-likeness (QED) is 0.691. The minimum atomic E-state index is -4.56. The van der Waals surface area contributed by atoms with Crippen LogP contribution in [-0.4, -0.2) is 38.8 Å². The molecule has 0 aliphatic carbocycles. The zero-order valence-electron chi connectivity index (χ0n) is 15.5. The average molecular weight is 451 g/mol. The molecular weight excluding hydrogens is 433 g/mol. The number of carbonyl (C=O) groups is 1. The van der Waals surface area contributed by atoms with E-state index in [4.69, 9.17) is 16.3 Å². The van der Waals surface area contributed by atoms with Crippen LogP contribution in [0.1, 0.15) is 12.5 Å². The number of hydrogen-bond acceptors (Lipinski definition) is 4. The first-order valence-corrected chi connectivity index (χ1v) is 10.1. The molecule has 2 aromatic rings. The fourth-order valence-corrected chi connectivity index (χ4v) is 3.81. The lowest BCUT2D eigenvalue weighted by Crippen LogP contribution is -2.35. The number of amides is 1. The van der Waals surface area contributed by atoms with Crippen molar-refractivity contribution in [3.63, 3.8) is 0 Å². The van der Waals surface area contributed by atoms with E-state index in [0.717, 1.165) is 22.5 Å². The second kappa shape index (κ2) is 9.02. The van der Waals surface area contributed by atoms with Gasteiger partial charge in [-0.25, -0.2) is 8.42 Å². The summed E-state index contributed by atoms with van der Waals surface area (Å²) in [4.78, 5) is 12.0. The molecule has 0 fully saturated rings. The average Bonchev–Trinajstić information content (AvgIpc) is 2.62. The number of hydrogen-bond donors (Lipinski definition) is 1. The van der Waals surface area contributed by atoms with Crippen LogP contribution >= 0.6 is 11.6 Å². The van der Waals surface area contributed by atoms with Crippen LogP contribution < -0.4 is 10.1 Å². The Morgan fingerprint density at radius 1 is 1.21 bits per heavy atom. The molecule has 0 heterocycles. The van der Waals surface area contributed by atoms with Gasteiger partial charge in [0.15, 0.2) is 0 Å². The van der Waals surface area contributed by atoms with E-state index in [0.29, 0.717) is 12.4 Å². The Kier molecular flexibility index (Phi) is 7.15. The van der Waals surface area contributed by atoms with Crippen LogP contribution in [-0.2, 0) is 21.0 Å². The van der Waals surface area contributed by atoms with E-state index < -0.39 is 34.2 Å². The Morgan fingerprint density at radius 3 is 2.48 bits per heavy atom. The van der Waals surface area contributed by atoms with Gasteiger partial charge in [0, 0.05) is 12.7 Å². The van der Waals surface area contributed by atoms with E-state index in [2.05, 4.69) is 5.32 Å². The van der Waals surface area contributed by atoms with Crippen molar-refractivity contribution >= 4 is 33.2 Å². The Bertz CT molecular complexity index is 997. The zero-order valence-corrected chi connectivity index (χ0v) is 17.0. The first-order chi connectivity index (χ1) is 13.4. The molecular formula is C18H18ClF3N2O4S. The second-order valence-corrected chi connectivity index (χ2v) is 8.37. The number of nitrogens with zero attached hydrogens (tertiary/aromatic N) is 1. The molecule has 1 N–H and O–H groups in total. The van der Waals surface area contributed by atoms with Gasteiger partial charge in [-0.15, -0.1) is 0 Å². The van der Waals surface area contributed by atoms with Crippen molar-refractivity contribution in [1.82, 2.24) is 4.31 Å². The van der Waals surface area contributed by atoms with Gasteiger partial charge in [0.1, 0.15) is 5.75 Å². The summed E-state index contributed by atoms with van der Waals surface area (Å²) in [5.74, 6) is -0.481. The van der Waals surface area contributed by atoms with E-state index >= 15 is 0 Å². The molecule has 0 aliphatic rings. The first kappa shape index (κ1) is 23.0. The summed E-state index contributed by atoms with van der Waals surface area (Å²) >= 11 is 6.00. The summed E-state index contributed by atoms with van der Waals surface area (Å²) in [6, 6.07) is 7.92. The number of rotatable bonds is 7. The molecule has 6 nitrogen and oxygen atoms in total. The molecule has 0 aromatic heterocycles. The van der Waals surface area contributed by atoms with E-state index in [-0.39, 0.29) is 15.6 Å². The topological polar surface area (TPSA) is 75.7 Å². The Hall–Kier alpha value is -2.30. The van der Waals surface area contributed by atoms with Crippen LogP contribution in [0.2, 0.25) is 5.02 Å². The summed E-state index contributed by atoms with van der Waals surface area (Å²) < 4.78 is 69.5. The molecule has 29 heavy (non-hydrogen) atoms. The molecule has 0 spiro atoms. The van der Waals surface area contributed by atoms with Crippen LogP contribution in [0.25, 0.3) is 0 Å². The van der Waals surface area contributed by atoms with Gasteiger partial charge in [0.25, 0.3) is 0 Å². The van der Waals surface area contributed by atoms with Crippen LogP contribution in [0.4, 0.5) is 18.9 Å². The highest BCUT2D eigenvalue weighted by Crippen LogP contribution is 2.31. The largest absolute Gasteiger partial charge is 0.492 e. The molecule has 2 aromatic carbocycles. The molecule has 0 bridgehead atoms. The normalized spacial score (nSPS) is 12.1. The van der Waals surface area contributed by atoms with Gasteiger partial charge in [-0.3, -0.25) is 4.79 Å². The maximum atomic E-state index is 12.7. The van der Waals surface area contributed by atoms with Crippen molar-refractivity contribution in [2.45, 2.75) is 18.0 Å². The smallest absolute Gasteiger partial charge is 0.416 e. The zero-order chi connectivity index (χ0) is 21.8. The molecule has 1 amide bonds. The molecule has 0 unspecified atom stereocenters. The highest BCUT2D eigenvalue weighted by atomic mass is 35.5. The highest BCUT2D eigenvalue weighted by Gasteiger charge is 2.30. The Morgan fingerprint density at radius 2 is 1.90 bits per heavy atom. The van der Waals surface area contributed by atoms with Crippen LogP contribution in [0, 0.1) is 0 Å². The van der Waals surface area contributed by atoms with Gasteiger partial charge in [0.05, 0.1) is 28.6 Å². The van der Waals surface area contributed by atoms with Crippen LogP contribution in [0.5, 0.6) is 5.75 Å². The fourth-order valence-electron chi connectivity index (χ4n) is 2.36. The van der Waals surface area contributed by atoms with Crippen molar-refractivity contribution in [2.75, 3.05) is 25.5 Å². The van der Waals surface area contributed by atoms with Gasteiger partial charge in [-0.05, 0) is 43.3 Å². The van der Waals surface area contributed by atoms with E-state index in [1.807, 2.05) is 0 Å². The number of nitrogens with one attached hydrogen (secondary N) is 1. The minimum absolute atomic E-state index is 0.0924. The van der Waals surface area contributed by atoms with E-state index in [1.54, 1.807) is 6.92 Å². The van der Waals surface area contributed by atoms with Crippen molar-refractivity contribution < 1.29 is 31.1 Å². The first-order valence-electron chi connectivity index (χ1n) is 8.31. The maximum Gasteiger partial charge on any atom is 0.416 e. The standard InChI is InChI=1S/C18H18ClF3N2O4S/c1-3-28-16-8-7-14(10-15(16)19)29(26,27)24(2)11-17(25)23-13-6-4-5-12(9-13)18(20,21)22/h4-10H,3,11H2,1-2H3,(H,23,25). The predicted octanol–water partition coefficient (Wildman–Crippen LogP) is 4.02. The Labute approximate surface area is 171 Å². The molecule has 0 aliphatic heterocycles. The van der Waals surface area contributed by atoms with Crippen molar-refractivity contribution in [3.8, 4) is 5.75 Å². The molecule has 0 saturated heterocycles. The highest BCUT2D eigenvalue weighted by molar-refractivity contribution is 7.89. The third kappa shape index (κ3) is 5.84. The number of anilines is 1. The molecule has 0 atom stereocenters. The monoisotopic (exact) mass is 450 g/mol. The third-order valence-corrected chi connectivity index (χ3v) is 5.85. The molecule has 11 heteroatoms. The summed E-state index contributed by atoms with van der Waals surface area (Å²) in [5, 5.41) is 2.35. The maximum absolute atomic E-state index is 12.7. The van der Waals surface area contributed by atoms with Crippen molar-refractivity contribution in [3.05, 3.63) is 53.1 Å². The third-order valence-electron chi connectivity index (χ3n) is 3.75. The number of ether oxygens (including phenoxy) is 1. The molecule has 2 rings (SSSR count). The number of likely N-dealkylation sites (N-methyl/N-ethyl adjacent to an activating group) is 1. The number of alkyl halides is 3. The molecule has 158 valence electrons. The Balaban J connectivity index is 2.11. The summed E-state index contributed by atoms with van der Waals surface area (Å²) in [7, 11) is -2.89. The van der Waals surface area contributed by atoms with Crippen LogP contribution in [0.3, 0.4) is 0 Å². The summed E-state index contributed by atoms with van der Waals surface area (Å²) in [5.41, 5.74) is -1.03. The molecule has 0 radical (unpaired) electrons. The van der Waals surface area contributed by atoms with Gasteiger partial charge in [-0.1, -0.05) is 17.7 Å². The lowest BCUT2D eigenvalue weighted by Gasteiger charge is -2.18. The van der Waals surface area contributed by atoms with Gasteiger partial charge < -0.3 is 10.1 Å². The van der Waals surface area contributed by atoms with Crippen molar-refractivity contribution in [1.29, 1.82) is 0 Å². The second-order valence-electron chi connectivity index (χ2n) is 5.91. The van der Waals surface area contributed by atoms with Gasteiger partial charge in [0.2, 0.25) is 15.9 Å². The lowest BCUT2D eigenvalue weighted by molar-refractivity contribution is -0.137.